The first-order chi connectivity index (χ1) is 9.27. The molecule has 0 aliphatic heterocycles. The van der Waals surface area contributed by atoms with E-state index in [0.29, 0.717) is 11.7 Å². The summed E-state index contributed by atoms with van der Waals surface area (Å²) in [6, 6.07) is 11.9. The molecule has 2 nitrogen and oxygen atoms in total. The van der Waals surface area contributed by atoms with Gasteiger partial charge in [-0.3, -0.25) is 0 Å². The summed E-state index contributed by atoms with van der Waals surface area (Å²) < 4.78 is 0. The summed E-state index contributed by atoms with van der Waals surface area (Å²) in [5.74, 6) is 0.849. The highest BCUT2D eigenvalue weighted by molar-refractivity contribution is 5.88. The number of nitrogens with two attached hydrogens (primary N) is 1. The maximum Gasteiger partial charge on any atom is 0.120 e. The first kappa shape index (κ1) is 15.1. The maximum absolute atomic E-state index is 10.2. The van der Waals surface area contributed by atoms with Crippen LogP contribution in [-0.4, -0.2) is 5.11 Å². The van der Waals surface area contributed by atoms with Gasteiger partial charge in [-0.25, -0.2) is 0 Å². The predicted molar refractivity (Wildman–Crippen MR) is 86.4 cm³/mol. The van der Waals surface area contributed by atoms with Gasteiger partial charge in [-0.05, 0) is 35.6 Å². The molecule has 0 heterocycles. The Morgan fingerprint density at radius 2 is 1.70 bits per heavy atom. The molecule has 0 bridgehead atoms. The molecule has 0 radical (unpaired) electrons. The number of aromatic hydroxyl groups is 1. The van der Waals surface area contributed by atoms with E-state index in [4.69, 9.17) is 5.73 Å². The van der Waals surface area contributed by atoms with Gasteiger partial charge in [-0.15, -0.1) is 12.4 Å². The van der Waals surface area contributed by atoms with Gasteiger partial charge in [-0.2, -0.15) is 0 Å². The molecule has 108 valence electrons. The molecule has 3 rings (SSSR count). The SMILES string of the molecule is Cl.N[C@@H](c1c(O)ccc2ccccc12)C1CCCCC1. The van der Waals surface area contributed by atoms with Crippen molar-refractivity contribution in [2.45, 2.75) is 38.1 Å². The molecule has 0 unspecified atom stereocenters. The van der Waals surface area contributed by atoms with Crippen molar-refractivity contribution < 1.29 is 5.11 Å². The van der Waals surface area contributed by atoms with Crippen LogP contribution in [0.2, 0.25) is 0 Å². The van der Waals surface area contributed by atoms with Crippen LogP contribution in [0.1, 0.15) is 43.7 Å². The number of benzene rings is 2. The molecule has 1 aliphatic rings. The summed E-state index contributed by atoms with van der Waals surface area (Å²) in [5.41, 5.74) is 7.41. The van der Waals surface area contributed by atoms with E-state index in [9.17, 15) is 5.11 Å². The molecule has 3 N–H and O–H groups in total. The highest BCUT2D eigenvalue weighted by Crippen LogP contribution is 2.39. The molecule has 2 aromatic rings. The van der Waals surface area contributed by atoms with Crippen LogP contribution >= 0.6 is 12.4 Å². The fraction of sp³-hybridized carbons (Fsp3) is 0.412. The smallest absolute Gasteiger partial charge is 0.120 e. The van der Waals surface area contributed by atoms with Gasteiger partial charge in [0.05, 0.1) is 0 Å². The van der Waals surface area contributed by atoms with Crippen LogP contribution in [0.15, 0.2) is 36.4 Å². The molecule has 3 heteroatoms. The van der Waals surface area contributed by atoms with Crippen LogP contribution in [0.4, 0.5) is 0 Å². The molecule has 0 amide bonds. The van der Waals surface area contributed by atoms with Crippen molar-refractivity contribution in [1.82, 2.24) is 0 Å². The summed E-state index contributed by atoms with van der Waals surface area (Å²) in [7, 11) is 0. The average molecular weight is 292 g/mol. The second kappa shape index (κ2) is 6.47. The summed E-state index contributed by atoms with van der Waals surface area (Å²) in [5, 5.41) is 12.5. The summed E-state index contributed by atoms with van der Waals surface area (Å²) in [4.78, 5) is 0. The second-order valence-electron chi connectivity index (χ2n) is 5.64. The lowest BCUT2D eigenvalue weighted by atomic mass is 9.80. The van der Waals surface area contributed by atoms with Crippen LogP contribution in [0, 0.1) is 5.92 Å². The normalized spacial score (nSPS) is 17.6. The van der Waals surface area contributed by atoms with Gasteiger partial charge in [0.1, 0.15) is 5.75 Å². The number of rotatable bonds is 2. The van der Waals surface area contributed by atoms with E-state index in [1.54, 1.807) is 6.07 Å². The highest BCUT2D eigenvalue weighted by Gasteiger charge is 2.25. The van der Waals surface area contributed by atoms with E-state index < -0.39 is 0 Å². The van der Waals surface area contributed by atoms with Crippen molar-refractivity contribution in [2.24, 2.45) is 11.7 Å². The number of phenolic OH excluding ortho intramolecular Hbond substituents is 1. The molecule has 0 saturated heterocycles. The first-order valence-electron chi connectivity index (χ1n) is 7.23. The van der Waals surface area contributed by atoms with Crippen LogP contribution in [0.25, 0.3) is 10.8 Å². The lowest BCUT2D eigenvalue weighted by Crippen LogP contribution is -2.23. The van der Waals surface area contributed by atoms with E-state index in [-0.39, 0.29) is 18.4 Å². The van der Waals surface area contributed by atoms with Crippen molar-refractivity contribution in [2.75, 3.05) is 0 Å². The van der Waals surface area contributed by atoms with Gasteiger partial charge < -0.3 is 10.8 Å². The molecule has 0 spiro atoms. The lowest BCUT2D eigenvalue weighted by molar-refractivity contribution is 0.304. The summed E-state index contributed by atoms with van der Waals surface area (Å²) in [6.45, 7) is 0. The van der Waals surface area contributed by atoms with Crippen LogP contribution in [-0.2, 0) is 0 Å². The van der Waals surface area contributed by atoms with E-state index in [1.165, 1.54) is 32.1 Å². The summed E-state index contributed by atoms with van der Waals surface area (Å²) in [6.07, 6.45) is 6.23. The fourth-order valence-electron chi connectivity index (χ4n) is 3.36. The number of phenols is 1. The second-order valence-corrected chi connectivity index (χ2v) is 5.64. The molecule has 2 aromatic carbocycles. The Labute approximate surface area is 126 Å². The largest absolute Gasteiger partial charge is 0.508 e. The standard InChI is InChI=1S/C17H21NO.ClH/c18-17(13-7-2-1-3-8-13)16-14-9-5-4-6-12(14)10-11-15(16)19;/h4-6,9-11,13,17,19H,1-3,7-8,18H2;1H/t17-;/m1./s1. The molecule has 1 aliphatic carbocycles. The maximum atomic E-state index is 10.2. The van der Waals surface area contributed by atoms with Crippen molar-refractivity contribution in [3.8, 4) is 5.75 Å². The van der Waals surface area contributed by atoms with Crippen LogP contribution in [0.5, 0.6) is 5.75 Å². The first-order valence-corrected chi connectivity index (χ1v) is 7.23. The van der Waals surface area contributed by atoms with E-state index in [0.717, 1.165) is 16.3 Å². The zero-order valence-electron chi connectivity index (χ0n) is 11.6. The third kappa shape index (κ3) is 2.77. The Bertz CT molecular complexity index is 578. The number of fused-ring (bicyclic) bond motifs is 1. The third-order valence-corrected chi connectivity index (χ3v) is 4.44. The zero-order valence-corrected chi connectivity index (χ0v) is 12.4. The van der Waals surface area contributed by atoms with E-state index in [2.05, 4.69) is 12.1 Å². The minimum atomic E-state index is -0.0496. The van der Waals surface area contributed by atoms with Gasteiger partial charge in [0.25, 0.3) is 0 Å². The lowest BCUT2D eigenvalue weighted by Gasteiger charge is -2.29. The van der Waals surface area contributed by atoms with Crippen molar-refractivity contribution in [3.63, 3.8) is 0 Å². The minimum absolute atomic E-state index is 0. The van der Waals surface area contributed by atoms with Gasteiger partial charge in [0.15, 0.2) is 0 Å². The fourth-order valence-corrected chi connectivity index (χ4v) is 3.36. The third-order valence-electron chi connectivity index (χ3n) is 4.44. The zero-order chi connectivity index (χ0) is 13.2. The molecule has 0 aromatic heterocycles. The molecule has 20 heavy (non-hydrogen) atoms. The Balaban J connectivity index is 0.00000147. The molecule has 1 atom stereocenters. The molecule has 1 fully saturated rings. The van der Waals surface area contributed by atoms with Gasteiger partial charge in [-0.1, -0.05) is 49.6 Å². The Morgan fingerprint density at radius 3 is 2.45 bits per heavy atom. The number of halogens is 1. The molecule has 1 saturated carbocycles. The average Bonchev–Trinajstić information content (AvgIpc) is 2.47. The summed E-state index contributed by atoms with van der Waals surface area (Å²) >= 11 is 0. The molecular weight excluding hydrogens is 270 g/mol. The van der Waals surface area contributed by atoms with Crippen molar-refractivity contribution in [3.05, 3.63) is 42.0 Å². The van der Waals surface area contributed by atoms with Gasteiger partial charge in [0.2, 0.25) is 0 Å². The van der Waals surface area contributed by atoms with E-state index >= 15 is 0 Å². The Hall–Kier alpha value is -1.25. The quantitative estimate of drug-likeness (QED) is 0.853. The highest BCUT2D eigenvalue weighted by atomic mass is 35.5. The van der Waals surface area contributed by atoms with Gasteiger partial charge >= 0.3 is 0 Å². The predicted octanol–water partition coefficient (Wildman–Crippen LogP) is 4.55. The van der Waals surface area contributed by atoms with E-state index in [1.807, 2.05) is 18.2 Å². The van der Waals surface area contributed by atoms with Crippen LogP contribution in [0.3, 0.4) is 0 Å². The Kier molecular flexibility index (Phi) is 4.90. The van der Waals surface area contributed by atoms with Crippen molar-refractivity contribution >= 4 is 23.2 Å². The number of hydrogen-bond donors (Lipinski definition) is 2. The van der Waals surface area contributed by atoms with Crippen LogP contribution < -0.4 is 5.73 Å². The number of hydrogen-bond acceptors (Lipinski definition) is 2. The van der Waals surface area contributed by atoms with Gasteiger partial charge in [0, 0.05) is 11.6 Å². The monoisotopic (exact) mass is 291 g/mol. The molecular formula is C17H22ClNO. The Morgan fingerprint density at radius 1 is 1.00 bits per heavy atom. The topological polar surface area (TPSA) is 46.2 Å². The van der Waals surface area contributed by atoms with Crippen molar-refractivity contribution in [1.29, 1.82) is 0 Å². The minimum Gasteiger partial charge on any atom is -0.508 e.